The Hall–Kier alpha value is -0.880. The molecule has 0 bridgehead atoms. The van der Waals surface area contributed by atoms with Crippen LogP contribution in [0, 0.1) is 10.6 Å². The minimum Gasteiger partial charge on any atom is -0.291 e. The summed E-state index contributed by atoms with van der Waals surface area (Å²) >= 11 is 4.94. The molecule has 0 amide bonds. The van der Waals surface area contributed by atoms with Crippen molar-refractivity contribution >= 4 is 18.0 Å². The fourth-order valence-electron chi connectivity index (χ4n) is 0.913. The van der Waals surface area contributed by atoms with E-state index in [0.717, 1.165) is 6.54 Å². The van der Waals surface area contributed by atoms with E-state index in [-0.39, 0.29) is 0 Å². The van der Waals surface area contributed by atoms with Crippen LogP contribution < -0.4 is 10.9 Å². The molecule has 12 heavy (non-hydrogen) atoms. The van der Waals surface area contributed by atoms with Gasteiger partial charge in [0, 0.05) is 6.54 Å². The van der Waals surface area contributed by atoms with Gasteiger partial charge in [0.25, 0.3) is 0 Å². The van der Waals surface area contributed by atoms with E-state index in [4.69, 9.17) is 18.1 Å². The third kappa shape index (κ3) is 2.05. The van der Waals surface area contributed by atoms with Gasteiger partial charge in [0.15, 0.2) is 4.64 Å². The average molecular weight is 187 g/mol. The second-order valence-corrected chi connectivity index (χ2v) is 3.46. The molecule has 6 heteroatoms. The SMILES string of the molecule is CC(C)CN(N)c1n[nH][nH]c1=S. The van der Waals surface area contributed by atoms with Gasteiger partial charge in [-0.1, -0.05) is 26.1 Å². The first-order chi connectivity index (χ1) is 5.61. The predicted molar refractivity (Wildman–Crippen MR) is 50.1 cm³/mol. The molecule has 5 nitrogen and oxygen atoms in total. The standard InChI is InChI=1S/C6H13N5S/c1-4(2)3-11(7)5-6(12)9-10-8-5/h4H,3,7H2,1-2H3,(H2,8,9,10,12). The van der Waals surface area contributed by atoms with E-state index >= 15 is 0 Å². The molecule has 1 aromatic heterocycles. The number of hydrazine groups is 1. The van der Waals surface area contributed by atoms with Crippen molar-refractivity contribution in [1.82, 2.24) is 15.4 Å². The van der Waals surface area contributed by atoms with Crippen molar-refractivity contribution in [3.05, 3.63) is 4.64 Å². The molecule has 0 aliphatic rings. The lowest BCUT2D eigenvalue weighted by Gasteiger charge is -2.16. The smallest absolute Gasteiger partial charge is 0.200 e. The quantitative estimate of drug-likeness (QED) is 0.372. The van der Waals surface area contributed by atoms with Crippen LogP contribution in [0.15, 0.2) is 0 Å². The summed E-state index contributed by atoms with van der Waals surface area (Å²) in [4.78, 5) is 0. The first-order valence-corrected chi connectivity index (χ1v) is 4.17. The van der Waals surface area contributed by atoms with Crippen molar-refractivity contribution in [1.29, 1.82) is 0 Å². The van der Waals surface area contributed by atoms with Gasteiger partial charge in [-0.25, -0.2) is 11.1 Å². The number of nitrogens with one attached hydrogen (secondary N) is 2. The number of anilines is 1. The highest BCUT2D eigenvalue weighted by Gasteiger charge is 2.07. The van der Waals surface area contributed by atoms with Crippen LogP contribution in [0.25, 0.3) is 0 Å². The van der Waals surface area contributed by atoms with Crippen LogP contribution in [0.2, 0.25) is 0 Å². The lowest BCUT2D eigenvalue weighted by Crippen LogP contribution is -2.34. The number of hydrogen-bond acceptors (Lipinski definition) is 4. The molecule has 0 unspecified atom stereocenters. The highest BCUT2D eigenvalue weighted by Crippen LogP contribution is 2.07. The van der Waals surface area contributed by atoms with Crippen molar-refractivity contribution in [2.45, 2.75) is 13.8 Å². The molecular weight excluding hydrogens is 174 g/mol. The molecule has 0 aliphatic carbocycles. The zero-order valence-corrected chi connectivity index (χ0v) is 7.98. The zero-order valence-electron chi connectivity index (χ0n) is 7.16. The second-order valence-electron chi connectivity index (χ2n) is 3.05. The van der Waals surface area contributed by atoms with Crippen LogP contribution >= 0.6 is 12.2 Å². The fraction of sp³-hybridized carbons (Fsp3) is 0.667. The minimum absolute atomic E-state index is 0.487. The van der Waals surface area contributed by atoms with Crippen LogP contribution in [-0.2, 0) is 0 Å². The molecule has 68 valence electrons. The minimum atomic E-state index is 0.487. The van der Waals surface area contributed by atoms with Gasteiger partial charge >= 0.3 is 0 Å². The van der Waals surface area contributed by atoms with Gasteiger partial charge in [-0.3, -0.25) is 10.1 Å². The third-order valence-electron chi connectivity index (χ3n) is 1.37. The largest absolute Gasteiger partial charge is 0.291 e. The van der Waals surface area contributed by atoms with E-state index in [1.165, 1.54) is 0 Å². The van der Waals surface area contributed by atoms with Crippen LogP contribution in [0.5, 0.6) is 0 Å². The summed E-state index contributed by atoms with van der Waals surface area (Å²) in [5.74, 6) is 6.79. The molecule has 4 N–H and O–H groups in total. The third-order valence-corrected chi connectivity index (χ3v) is 1.65. The van der Waals surface area contributed by atoms with Gasteiger partial charge in [-0.15, -0.1) is 5.10 Å². The van der Waals surface area contributed by atoms with Gasteiger partial charge in [-0.05, 0) is 5.92 Å². The van der Waals surface area contributed by atoms with E-state index in [1.807, 2.05) is 0 Å². The van der Waals surface area contributed by atoms with Gasteiger partial charge in [-0.2, -0.15) is 0 Å². The van der Waals surface area contributed by atoms with Crippen molar-refractivity contribution in [3.63, 3.8) is 0 Å². The molecule has 0 spiro atoms. The molecule has 0 aromatic carbocycles. The van der Waals surface area contributed by atoms with Gasteiger partial charge < -0.3 is 0 Å². The Morgan fingerprint density at radius 1 is 1.67 bits per heavy atom. The first kappa shape index (κ1) is 9.21. The summed E-state index contributed by atoms with van der Waals surface area (Å²) in [5, 5.41) is 10.7. The summed E-state index contributed by atoms with van der Waals surface area (Å²) < 4.78 is 0.540. The molecule has 1 rings (SSSR count). The van der Waals surface area contributed by atoms with Crippen molar-refractivity contribution < 1.29 is 0 Å². The predicted octanol–water partition coefficient (Wildman–Crippen LogP) is 0.803. The van der Waals surface area contributed by atoms with E-state index < -0.39 is 0 Å². The number of aromatic amines is 2. The Labute approximate surface area is 75.9 Å². The van der Waals surface area contributed by atoms with Gasteiger partial charge in [0.05, 0.1) is 0 Å². The van der Waals surface area contributed by atoms with Crippen LogP contribution in [0.4, 0.5) is 5.82 Å². The number of rotatable bonds is 3. The summed E-state index contributed by atoms with van der Waals surface area (Å²) in [5.41, 5.74) is 0. The summed E-state index contributed by atoms with van der Waals surface area (Å²) in [6, 6.07) is 0. The fourth-order valence-corrected chi connectivity index (χ4v) is 1.12. The summed E-state index contributed by atoms with van der Waals surface area (Å²) in [6.07, 6.45) is 0. The lowest BCUT2D eigenvalue weighted by molar-refractivity contribution is 0.615. The van der Waals surface area contributed by atoms with E-state index in [0.29, 0.717) is 16.4 Å². The normalized spacial score (nSPS) is 10.7. The van der Waals surface area contributed by atoms with E-state index in [2.05, 4.69) is 29.3 Å². The molecule has 0 saturated carbocycles. The molecular formula is C6H13N5S. The molecule has 0 atom stereocenters. The molecule has 0 saturated heterocycles. The Kier molecular flexibility index (Phi) is 2.83. The second kappa shape index (κ2) is 3.68. The van der Waals surface area contributed by atoms with Crippen molar-refractivity contribution in [3.8, 4) is 0 Å². The zero-order chi connectivity index (χ0) is 9.14. The molecule has 0 fully saturated rings. The lowest BCUT2D eigenvalue weighted by atomic mass is 10.2. The number of hydrogen-bond donors (Lipinski definition) is 3. The Balaban J connectivity index is 2.71. The number of nitrogens with two attached hydrogens (primary N) is 1. The highest BCUT2D eigenvalue weighted by molar-refractivity contribution is 7.71. The molecule has 0 radical (unpaired) electrons. The molecule has 1 heterocycles. The maximum absolute atomic E-state index is 5.71. The first-order valence-electron chi connectivity index (χ1n) is 3.76. The number of nitrogens with zero attached hydrogens (tertiary/aromatic N) is 2. The number of aromatic nitrogens is 3. The van der Waals surface area contributed by atoms with Crippen molar-refractivity contribution in [2.75, 3.05) is 11.6 Å². The Morgan fingerprint density at radius 2 is 2.33 bits per heavy atom. The highest BCUT2D eigenvalue weighted by atomic mass is 32.1. The molecule has 1 aromatic rings. The van der Waals surface area contributed by atoms with Crippen LogP contribution in [-0.4, -0.2) is 22.0 Å². The topological polar surface area (TPSA) is 73.7 Å². The monoisotopic (exact) mass is 187 g/mol. The Bertz CT molecular complexity index is 288. The van der Waals surface area contributed by atoms with Crippen molar-refractivity contribution in [2.24, 2.45) is 11.8 Å². The van der Waals surface area contributed by atoms with Crippen LogP contribution in [0.1, 0.15) is 13.8 Å². The Morgan fingerprint density at radius 3 is 2.75 bits per heavy atom. The number of H-pyrrole nitrogens is 2. The summed E-state index contributed by atoms with van der Waals surface area (Å²) in [6.45, 7) is 4.90. The maximum atomic E-state index is 5.71. The molecule has 0 aliphatic heterocycles. The average Bonchev–Trinajstić information content (AvgIpc) is 2.33. The maximum Gasteiger partial charge on any atom is 0.200 e. The van der Waals surface area contributed by atoms with E-state index in [9.17, 15) is 0 Å². The van der Waals surface area contributed by atoms with Crippen LogP contribution in [0.3, 0.4) is 0 Å². The van der Waals surface area contributed by atoms with Gasteiger partial charge in [0.1, 0.15) is 0 Å². The van der Waals surface area contributed by atoms with E-state index in [1.54, 1.807) is 5.01 Å². The summed E-state index contributed by atoms with van der Waals surface area (Å²) in [7, 11) is 0. The van der Waals surface area contributed by atoms with Gasteiger partial charge in [0.2, 0.25) is 5.82 Å².